The van der Waals surface area contributed by atoms with Gasteiger partial charge in [-0.25, -0.2) is 0 Å². The van der Waals surface area contributed by atoms with E-state index >= 15 is 0 Å². The maximum atomic E-state index is 3.85. The second kappa shape index (κ2) is 7.43. The molecule has 0 heterocycles. The van der Waals surface area contributed by atoms with Gasteiger partial charge in [-0.3, -0.25) is 0 Å². The Hall–Kier alpha value is 3.43. The fourth-order valence-corrected chi connectivity index (χ4v) is 0. The van der Waals surface area contributed by atoms with Crippen molar-refractivity contribution in [3.63, 3.8) is 0 Å². The Morgan fingerprint density at radius 2 is 1.00 bits per heavy atom. The van der Waals surface area contributed by atoms with Crippen molar-refractivity contribution in [2.24, 2.45) is 0 Å². The molecule has 0 aliphatic rings. The summed E-state index contributed by atoms with van der Waals surface area (Å²) in [5, 5.41) is 0. The van der Waals surface area contributed by atoms with Crippen LogP contribution in [0.25, 0.3) is 0 Å². The van der Waals surface area contributed by atoms with Crippen molar-refractivity contribution in [1.29, 1.82) is 0 Å². The van der Waals surface area contributed by atoms with Gasteiger partial charge in [-0.1, -0.05) is 0 Å². The number of rotatable bonds is 0. The molecule has 0 saturated carbocycles. The van der Waals surface area contributed by atoms with E-state index in [9.17, 15) is 0 Å². The summed E-state index contributed by atoms with van der Waals surface area (Å²) in [5.41, 5.74) is 0. The molecule has 0 N–H and O–H groups in total. The van der Waals surface area contributed by atoms with E-state index in [-0.39, 0.29) is 25.8 Å². The molecule has 5 heteroatoms. The molecule has 0 aromatic carbocycles. The minimum atomic E-state index is -1.19. The first-order chi connectivity index (χ1) is 1.73. The third-order valence-corrected chi connectivity index (χ3v) is 0. The van der Waals surface area contributed by atoms with Crippen molar-refractivity contribution in [1.82, 2.24) is 0 Å². The Balaban J connectivity index is 0. The predicted molar refractivity (Wildman–Crippen MR) is 30.7 cm³/mol. The van der Waals surface area contributed by atoms with E-state index in [0.29, 0.717) is 0 Å². The van der Waals surface area contributed by atoms with Crippen LogP contribution < -0.4 is 0 Å². The summed E-state index contributed by atoms with van der Waals surface area (Å²) < 4.78 is 11.6. The van der Waals surface area contributed by atoms with Gasteiger partial charge in [-0.2, -0.15) is 0 Å². The first-order valence-corrected chi connectivity index (χ1v) is 9.44. The van der Waals surface area contributed by atoms with Crippen molar-refractivity contribution in [3.8, 4) is 0 Å². The quantitative estimate of drug-likeness (QED) is 0.564. The van der Waals surface area contributed by atoms with Crippen LogP contribution in [0, 0.1) is 27.6 Å². The van der Waals surface area contributed by atoms with E-state index in [0.717, 1.165) is 0 Å². The average Bonchev–Trinajstić information content (AvgIpc) is 0.811. The minimum absolute atomic E-state index is 0. The van der Waals surface area contributed by atoms with Gasteiger partial charge in [0.15, 0.2) is 0 Å². The first-order valence-electron chi connectivity index (χ1n) is 0.424. The summed E-state index contributed by atoms with van der Waals surface area (Å²) in [4.78, 5) is 0. The third-order valence-electron chi connectivity index (χ3n) is 0. The Morgan fingerprint density at radius 3 is 1.00 bits per heavy atom. The molecule has 0 aromatic rings. The van der Waals surface area contributed by atoms with Crippen LogP contribution in [0.4, 0.5) is 0 Å². The molecule has 0 nitrogen and oxygen atoms in total. The summed E-state index contributed by atoms with van der Waals surface area (Å²) in [7, 11) is 0. The molecule has 0 aliphatic carbocycles. The summed E-state index contributed by atoms with van der Waals surface area (Å²) >= 11 is -1.19. The van der Waals surface area contributed by atoms with Crippen molar-refractivity contribution in [3.05, 3.63) is 0 Å². The van der Waals surface area contributed by atoms with Crippen LogP contribution >= 0.6 is 11.5 Å². The Labute approximate surface area is 63.3 Å². The zero-order valence-corrected chi connectivity index (χ0v) is 6.37. The van der Waals surface area contributed by atoms with Crippen molar-refractivity contribution in [2.45, 2.75) is 0 Å². The van der Waals surface area contributed by atoms with E-state index in [1.165, 1.54) is 0 Å². The van der Waals surface area contributed by atoms with Crippen molar-refractivity contribution >= 4 is 37.4 Å². The van der Waals surface area contributed by atoms with E-state index in [4.69, 9.17) is 0 Å². The molecular formula is H3DyInP3. The number of hydrogen-bond acceptors (Lipinski definition) is 0. The van der Waals surface area contributed by atoms with Crippen LogP contribution in [0.15, 0.2) is 0 Å². The summed E-state index contributed by atoms with van der Waals surface area (Å²) in [6.45, 7) is 0. The van der Waals surface area contributed by atoms with E-state index in [2.05, 4.69) is 11.5 Å². The molecule has 0 radical (unpaired) electrons. The topological polar surface area (TPSA) is 0 Å². The summed E-state index contributed by atoms with van der Waals surface area (Å²) in [6, 6.07) is 0. The van der Waals surface area contributed by atoms with Gasteiger partial charge in [0.05, 0.1) is 0 Å². The summed E-state index contributed by atoms with van der Waals surface area (Å²) in [5.74, 6) is 0. The van der Waals surface area contributed by atoms with Gasteiger partial charge in [-0.05, 0) is 0 Å². The van der Waals surface area contributed by atoms with Gasteiger partial charge in [0.25, 0.3) is 0 Å². The van der Waals surface area contributed by atoms with E-state index < -0.39 is 27.6 Å². The third kappa shape index (κ3) is 18.6. The molecule has 0 spiro atoms. The number of hydrogen-bond donors (Lipinski definition) is 0. The second-order valence-corrected chi connectivity index (χ2v) is 12.7. The van der Waals surface area contributed by atoms with Gasteiger partial charge >= 0.3 is 65.0 Å². The Bertz CT molecular complexity index is 222. The molecule has 0 rings (SSSR count). The molecule has 5 heavy (non-hydrogen) atoms. The summed E-state index contributed by atoms with van der Waals surface area (Å²) in [6.07, 6.45) is 0. The Kier molecular flexibility index (Phi) is 16.7. The van der Waals surface area contributed by atoms with Crippen molar-refractivity contribution in [2.75, 3.05) is 0 Å². The zero-order valence-electron chi connectivity index (χ0n) is 1.66. The molecule has 0 aromatic heterocycles. The van der Waals surface area contributed by atoms with Gasteiger partial charge in [0.2, 0.25) is 0 Å². The first kappa shape index (κ1) is 11.3. The molecule has 0 aliphatic heterocycles. The molecule has 0 unspecified atom stereocenters. The molecule has 31 valence electrons. The van der Waals surface area contributed by atoms with Crippen LogP contribution in [0.5, 0.6) is 0 Å². The van der Waals surface area contributed by atoms with Crippen LogP contribution in [0.2, 0.25) is 0 Å². The second-order valence-electron chi connectivity index (χ2n) is 0.190. The molecular weight excluding hydrogens is 370 g/mol. The van der Waals surface area contributed by atoms with Gasteiger partial charge in [-0.15, -0.1) is 0 Å². The normalized spacial score (nSPS) is 4.20. The average molecular weight is 373 g/mol. The molecule has 0 fully saturated rings. The van der Waals surface area contributed by atoms with E-state index in [1.54, 1.807) is 0 Å². The molecule has 0 saturated heterocycles. The fraction of sp³-hybridized carbons (Fsp3) is 0. The van der Waals surface area contributed by atoms with Crippen LogP contribution in [0.1, 0.15) is 0 Å². The van der Waals surface area contributed by atoms with Crippen LogP contribution in [-0.2, 0) is 0 Å². The predicted octanol–water partition coefficient (Wildman–Crippen LogP) is 1.40. The van der Waals surface area contributed by atoms with Gasteiger partial charge < -0.3 is 0 Å². The van der Waals surface area contributed by atoms with Crippen molar-refractivity contribution < 1.29 is 27.6 Å². The van der Waals surface area contributed by atoms with Crippen LogP contribution in [-0.4, -0.2) is 25.8 Å². The zero-order chi connectivity index (χ0) is 3.58. The maximum absolute atomic E-state index is 3.85. The molecule has 0 amide bonds. The van der Waals surface area contributed by atoms with Crippen LogP contribution in [0.3, 0.4) is 0 Å². The molecule has 0 bridgehead atoms. The molecule has 0 atom stereocenters. The Morgan fingerprint density at radius 1 is 1.00 bits per heavy atom. The standard InChI is InChI=1S/Dy.In.3P.3H. The SMILES string of the molecule is [InH3].[P]#[Dy](#[P])#[P]. The monoisotopic (exact) mass is 375 g/mol. The van der Waals surface area contributed by atoms with Gasteiger partial charge in [0, 0.05) is 0 Å². The van der Waals surface area contributed by atoms with E-state index in [1.807, 2.05) is 0 Å². The fourth-order valence-electron chi connectivity index (χ4n) is 0. The van der Waals surface area contributed by atoms with Gasteiger partial charge in [0.1, 0.15) is 0 Å².